The lowest BCUT2D eigenvalue weighted by Gasteiger charge is -2.06. The number of hydrogen-bond acceptors (Lipinski definition) is 3. The molecule has 0 aliphatic heterocycles. The fourth-order valence-corrected chi connectivity index (χ4v) is 2.41. The molecule has 5 nitrogen and oxygen atoms in total. The van der Waals surface area contributed by atoms with Gasteiger partial charge in [-0.1, -0.05) is 65.2 Å². The van der Waals surface area contributed by atoms with Crippen LogP contribution in [0, 0.1) is 0 Å². The Labute approximate surface area is 147 Å². The Hall–Kier alpha value is -1.39. The van der Waals surface area contributed by atoms with Crippen LogP contribution in [0.25, 0.3) is 0 Å². The molecule has 0 atom stereocenters. The highest BCUT2D eigenvalue weighted by Gasteiger charge is 2.07. The minimum absolute atomic E-state index is 0.00454. The molecule has 2 N–H and O–H groups in total. The summed E-state index contributed by atoms with van der Waals surface area (Å²) < 4.78 is 0. The number of Topliss-reactive ketones (excluding diaryl/α,β-unsaturated/α-hetero) is 1. The molecule has 24 heavy (non-hydrogen) atoms. The Bertz CT molecular complexity index is 325. The summed E-state index contributed by atoms with van der Waals surface area (Å²) in [6.07, 6.45) is 11.9. The van der Waals surface area contributed by atoms with E-state index in [0.29, 0.717) is 12.8 Å². The van der Waals surface area contributed by atoms with Gasteiger partial charge in [-0.2, -0.15) is 0 Å². The van der Waals surface area contributed by atoms with Crippen molar-refractivity contribution in [3.05, 3.63) is 0 Å². The van der Waals surface area contributed by atoms with E-state index in [1.165, 1.54) is 25.7 Å². The van der Waals surface area contributed by atoms with Crippen molar-refractivity contribution < 1.29 is 14.4 Å². The molecule has 0 fully saturated rings. The van der Waals surface area contributed by atoms with Crippen LogP contribution in [-0.4, -0.2) is 30.7 Å². The zero-order chi connectivity index (χ0) is 18.0. The van der Waals surface area contributed by atoms with Crippen LogP contribution in [0.5, 0.6) is 0 Å². The van der Waals surface area contributed by atoms with Gasteiger partial charge in [-0.15, -0.1) is 0 Å². The van der Waals surface area contributed by atoms with Crippen LogP contribution < -0.4 is 10.6 Å². The highest BCUT2D eigenvalue weighted by molar-refractivity contribution is 5.89. The molecule has 2 amide bonds. The van der Waals surface area contributed by atoms with E-state index in [1.54, 1.807) is 0 Å². The molecule has 0 rings (SSSR count). The van der Waals surface area contributed by atoms with E-state index in [1.807, 2.05) is 0 Å². The Kier molecular flexibility index (Phi) is 15.5. The zero-order valence-corrected chi connectivity index (χ0v) is 15.6. The minimum Gasteiger partial charge on any atom is -0.349 e. The van der Waals surface area contributed by atoms with Crippen molar-refractivity contribution in [2.75, 3.05) is 13.1 Å². The van der Waals surface area contributed by atoms with Gasteiger partial charge in [0.25, 0.3) is 0 Å². The maximum absolute atomic E-state index is 11.7. The Balaban J connectivity index is 3.53. The van der Waals surface area contributed by atoms with Gasteiger partial charge >= 0.3 is 0 Å². The summed E-state index contributed by atoms with van der Waals surface area (Å²) in [5, 5.41) is 5.25. The molecule has 0 aliphatic rings. The SMILES string of the molecule is CCCCCCCC(=O)NCC(=O)CNC(=O)CCCCCCC. The van der Waals surface area contributed by atoms with E-state index in [-0.39, 0.29) is 30.7 Å². The largest absolute Gasteiger partial charge is 0.349 e. The van der Waals surface area contributed by atoms with E-state index in [4.69, 9.17) is 0 Å². The molecule has 0 aliphatic carbocycles. The lowest BCUT2D eigenvalue weighted by atomic mass is 10.1. The van der Waals surface area contributed by atoms with E-state index < -0.39 is 0 Å². The molecule has 0 saturated carbocycles. The van der Waals surface area contributed by atoms with Gasteiger partial charge in [0.05, 0.1) is 13.1 Å². The van der Waals surface area contributed by atoms with Crippen LogP contribution in [-0.2, 0) is 14.4 Å². The number of rotatable bonds is 16. The van der Waals surface area contributed by atoms with Gasteiger partial charge in [0.1, 0.15) is 0 Å². The topological polar surface area (TPSA) is 75.3 Å². The van der Waals surface area contributed by atoms with Crippen molar-refractivity contribution in [3.63, 3.8) is 0 Å². The molecule has 0 saturated heterocycles. The van der Waals surface area contributed by atoms with E-state index >= 15 is 0 Å². The van der Waals surface area contributed by atoms with Crippen molar-refractivity contribution in [3.8, 4) is 0 Å². The van der Waals surface area contributed by atoms with Crippen LogP contribution in [0.1, 0.15) is 90.9 Å². The molecule has 0 aromatic heterocycles. The standard InChI is InChI=1S/C19H36N2O3/c1-3-5-7-9-11-13-18(23)20-15-17(22)16-21-19(24)14-12-10-8-6-4-2/h3-16H2,1-2H3,(H,20,23)(H,21,24). The first-order valence-corrected chi connectivity index (χ1v) is 9.65. The first kappa shape index (κ1) is 22.6. The molecular weight excluding hydrogens is 304 g/mol. The average Bonchev–Trinajstić information content (AvgIpc) is 2.57. The van der Waals surface area contributed by atoms with E-state index in [0.717, 1.165) is 38.5 Å². The average molecular weight is 341 g/mol. The molecule has 0 spiro atoms. The first-order chi connectivity index (χ1) is 11.6. The smallest absolute Gasteiger partial charge is 0.220 e. The second kappa shape index (κ2) is 16.5. The number of unbranched alkanes of at least 4 members (excludes halogenated alkanes) is 8. The van der Waals surface area contributed by atoms with Crippen LogP contribution in [0.15, 0.2) is 0 Å². The second-order valence-electron chi connectivity index (χ2n) is 6.42. The van der Waals surface area contributed by atoms with Gasteiger partial charge in [0.2, 0.25) is 11.8 Å². The van der Waals surface area contributed by atoms with Gasteiger partial charge < -0.3 is 10.6 Å². The zero-order valence-electron chi connectivity index (χ0n) is 15.6. The van der Waals surface area contributed by atoms with Crippen molar-refractivity contribution >= 4 is 17.6 Å². The van der Waals surface area contributed by atoms with Crippen molar-refractivity contribution in [1.82, 2.24) is 10.6 Å². The van der Waals surface area contributed by atoms with Gasteiger partial charge in [-0.3, -0.25) is 14.4 Å². The van der Waals surface area contributed by atoms with Crippen molar-refractivity contribution in [1.29, 1.82) is 0 Å². The third-order valence-corrected chi connectivity index (χ3v) is 3.98. The number of carbonyl (C=O) groups excluding carboxylic acids is 3. The Morgan fingerprint density at radius 2 is 0.958 bits per heavy atom. The summed E-state index contributed by atoms with van der Waals surface area (Å²) in [6, 6.07) is 0. The highest BCUT2D eigenvalue weighted by Crippen LogP contribution is 2.05. The predicted octanol–water partition coefficient (Wildman–Crippen LogP) is 3.51. The second-order valence-corrected chi connectivity index (χ2v) is 6.42. The van der Waals surface area contributed by atoms with Gasteiger partial charge in [0.15, 0.2) is 5.78 Å². The van der Waals surface area contributed by atoms with Gasteiger partial charge in [-0.25, -0.2) is 0 Å². The fourth-order valence-electron chi connectivity index (χ4n) is 2.41. The number of hydrogen-bond donors (Lipinski definition) is 2. The van der Waals surface area contributed by atoms with E-state index in [9.17, 15) is 14.4 Å². The van der Waals surface area contributed by atoms with Crippen LogP contribution >= 0.6 is 0 Å². The summed E-state index contributed by atoms with van der Waals surface area (Å²) >= 11 is 0. The molecular formula is C19H36N2O3. The number of amides is 2. The van der Waals surface area contributed by atoms with Crippen LogP contribution in [0.4, 0.5) is 0 Å². The molecule has 0 bridgehead atoms. The monoisotopic (exact) mass is 340 g/mol. The lowest BCUT2D eigenvalue weighted by molar-refractivity contribution is -0.126. The van der Waals surface area contributed by atoms with Gasteiger partial charge in [0, 0.05) is 12.8 Å². The molecule has 140 valence electrons. The summed E-state index contributed by atoms with van der Waals surface area (Å²) in [5.74, 6) is -0.321. The normalized spacial score (nSPS) is 10.4. The molecule has 5 heteroatoms. The summed E-state index contributed by atoms with van der Waals surface area (Å²) in [5.41, 5.74) is 0. The van der Waals surface area contributed by atoms with Gasteiger partial charge in [-0.05, 0) is 12.8 Å². The lowest BCUT2D eigenvalue weighted by Crippen LogP contribution is -2.36. The molecule has 0 heterocycles. The van der Waals surface area contributed by atoms with Crippen molar-refractivity contribution in [2.24, 2.45) is 0 Å². The number of ketones is 1. The molecule has 0 aromatic rings. The van der Waals surface area contributed by atoms with E-state index in [2.05, 4.69) is 24.5 Å². The van der Waals surface area contributed by atoms with Crippen LogP contribution in [0.2, 0.25) is 0 Å². The summed E-state index contributed by atoms with van der Waals surface area (Å²) in [6.45, 7) is 4.32. The number of carbonyl (C=O) groups is 3. The fraction of sp³-hybridized carbons (Fsp3) is 0.842. The molecule has 0 aromatic carbocycles. The third kappa shape index (κ3) is 15.5. The Morgan fingerprint density at radius 1 is 0.583 bits per heavy atom. The first-order valence-electron chi connectivity index (χ1n) is 9.65. The number of nitrogens with one attached hydrogen (secondary N) is 2. The quantitative estimate of drug-likeness (QED) is 0.422. The molecule has 0 unspecified atom stereocenters. The third-order valence-electron chi connectivity index (χ3n) is 3.98. The highest BCUT2D eigenvalue weighted by atomic mass is 16.2. The van der Waals surface area contributed by atoms with Crippen LogP contribution in [0.3, 0.4) is 0 Å². The predicted molar refractivity (Wildman–Crippen MR) is 97.8 cm³/mol. The summed E-state index contributed by atoms with van der Waals surface area (Å²) in [4.78, 5) is 34.8. The molecule has 0 radical (unpaired) electrons. The van der Waals surface area contributed by atoms with Crippen molar-refractivity contribution in [2.45, 2.75) is 90.9 Å². The maximum Gasteiger partial charge on any atom is 0.220 e. The Morgan fingerprint density at radius 3 is 1.33 bits per heavy atom. The maximum atomic E-state index is 11.7. The summed E-state index contributed by atoms with van der Waals surface area (Å²) in [7, 11) is 0. The minimum atomic E-state index is -0.159.